The zero-order valence-electron chi connectivity index (χ0n) is 6.74. The highest BCUT2D eigenvalue weighted by Gasteiger charge is 1.83. The van der Waals surface area contributed by atoms with Gasteiger partial charge in [-0.1, -0.05) is 34.2 Å². The minimum Gasteiger partial charge on any atom is -0.392 e. The van der Waals surface area contributed by atoms with Crippen molar-refractivity contribution in [2.24, 2.45) is 0 Å². The van der Waals surface area contributed by atoms with Gasteiger partial charge in [0.05, 0.1) is 0 Å². The van der Waals surface area contributed by atoms with Gasteiger partial charge in [0.1, 0.15) is 0 Å². The lowest BCUT2D eigenvalue weighted by Crippen LogP contribution is -2.01. The zero-order chi connectivity index (χ0) is 7.98. The van der Waals surface area contributed by atoms with E-state index in [1.807, 2.05) is 7.05 Å². The van der Waals surface area contributed by atoms with E-state index < -0.39 is 0 Å². The molecule has 10 heavy (non-hydrogen) atoms. The number of rotatable bonds is 3. The van der Waals surface area contributed by atoms with Crippen LogP contribution in [0.5, 0.6) is 0 Å². The lowest BCUT2D eigenvalue weighted by molar-refractivity contribution is 0.986. The molecule has 0 atom stereocenters. The molecule has 0 aromatic heterocycles. The van der Waals surface area contributed by atoms with Gasteiger partial charge in [-0.2, -0.15) is 0 Å². The van der Waals surface area contributed by atoms with Crippen molar-refractivity contribution in [3.8, 4) is 0 Å². The Morgan fingerprint density at radius 2 is 2.10 bits per heavy atom. The van der Waals surface area contributed by atoms with Crippen molar-refractivity contribution in [1.82, 2.24) is 5.32 Å². The first kappa shape index (κ1) is 10.0. The molecule has 0 fully saturated rings. The Bertz CT molecular complexity index is 147. The van der Waals surface area contributed by atoms with Gasteiger partial charge in [0.15, 0.2) is 0 Å². The third kappa shape index (κ3) is 4.85. The lowest BCUT2D eigenvalue weighted by Gasteiger charge is -1.97. The molecule has 0 spiro atoms. The largest absolute Gasteiger partial charge is 0.392 e. The van der Waals surface area contributed by atoms with Gasteiger partial charge in [0.2, 0.25) is 0 Å². The predicted octanol–water partition coefficient (Wildman–Crippen LogP) is 2.49. The Morgan fingerprint density at radius 3 is 2.50 bits per heavy atom. The summed E-state index contributed by atoms with van der Waals surface area (Å²) in [6.07, 6.45) is 4.33. The summed E-state index contributed by atoms with van der Waals surface area (Å²) in [6.45, 7) is 4.17. The SMILES string of the molecule is CN/C(C)=C\C(C)=C/CI. The van der Waals surface area contributed by atoms with Crippen molar-refractivity contribution in [3.05, 3.63) is 23.4 Å². The summed E-state index contributed by atoms with van der Waals surface area (Å²) in [5.74, 6) is 0. The first-order chi connectivity index (χ1) is 4.70. The van der Waals surface area contributed by atoms with Crippen molar-refractivity contribution in [2.45, 2.75) is 13.8 Å². The van der Waals surface area contributed by atoms with Crippen LogP contribution in [-0.2, 0) is 0 Å². The molecule has 0 aliphatic rings. The van der Waals surface area contributed by atoms with E-state index in [2.05, 4.69) is 53.9 Å². The van der Waals surface area contributed by atoms with Crippen molar-refractivity contribution in [2.75, 3.05) is 11.5 Å². The lowest BCUT2D eigenvalue weighted by atomic mass is 10.2. The maximum atomic E-state index is 3.07. The maximum absolute atomic E-state index is 3.07. The average Bonchev–Trinajstić information content (AvgIpc) is 1.88. The van der Waals surface area contributed by atoms with E-state index >= 15 is 0 Å². The van der Waals surface area contributed by atoms with Gasteiger partial charge in [-0.15, -0.1) is 0 Å². The average molecular weight is 251 g/mol. The van der Waals surface area contributed by atoms with Gasteiger partial charge < -0.3 is 5.32 Å². The number of nitrogens with one attached hydrogen (secondary N) is 1. The second-order valence-electron chi connectivity index (χ2n) is 2.18. The standard InChI is InChI=1S/C8H14IN/c1-7(4-5-9)6-8(2)10-3/h4,6,10H,5H2,1-3H3/b7-4-,8-6-. The van der Waals surface area contributed by atoms with E-state index in [1.54, 1.807) is 0 Å². The van der Waals surface area contributed by atoms with E-state index in [4.69, 9.17) is 0 Å². The van der Waals surface area contributed by atoms with Crippen LogP contribution in [0.2, 0.25) is 0 Å². The van der Waals surface area contributed by atoms with Gasteiger partial charge >= 0.3 is 0 Å². The highest BCUT2D eigenvalue weighted by atomic mass is 127. The summed E-state index contributed by atoms with van der Waals surface area (Å²) in [6, 6.07) is 0. The summed E-state index contributed by atoms with van der Waals surface area (Å²) in [7, 11) is 1.93. The third-order valence-corrected chi connectivity index (χ3v) is 1.68. The number of hydrogen-bond donors (Lipinski definition) is 1. The molecule has 2 heteroatoms. The second kappa shape index (κ2) is 5.77. The molecule has 0 aliphatic carbocycles. The van der Waals surface area contributed by atoms with Crippen LogP contribution in [0.3, 0.4) is 0 Å². The van der Waals surface area contributed by atoms with Gasteiger partial charge in [0, 0.05) is 17.2 Å². The van der Waals surface area contributed by atoms with Crippen LogP contribution in [0.25, 0.3) is 0 Å². The van der Waals surface area contributed by atoms with Crippen molar-refractivity contribution >= 4 is 22.6 Å². The Balaban J connectivity index is 3.98. The van der Waals surface area contributed by atoms with Crippen LogP contribution in [0.15, 0.2) is 23.4 Å². The number of allylic oxidation sites excluding steroid dienone is 4. The topological polar surface area (TPSA) is 12.0 Å². The summed E-state index contributed by atoms with van der Waals surface area (Å²) >= 11 is 2.34. The molecule has 0 saturated heterocycles. The monoisotopic (exact) mass is 251 g/mol. The Kier molecular flexibility index (Phi) is 5.78. The van der Waals surface area contributed by atoms with E-state index in [0.29, 0.717) is 0 Å². The summed E-state index contributed by atoms with van der Waals surface area (Å²) < 4.78 is 1.08. The molecule has 0 bridgehead atoms. The van der Waals surface area contributed by atoms with Crippen molar-refractivity contribution in [3.63, 3.8) is 0 Å². The normalized spacial score (nSPS) is 13.6. The fourth-order valence-corrected chi connectivity index (χ4v) is 1.29. The van der Waals surface area contributed by atoms with Crippen LogP contribution in [0.4, 0.5) is 0 Å². The smallest absolute Gasteiger partial charge is 0.0181 e. The molecule has 0 unspecified atom stereocenters. The number of hydrogen-bond acceptors (Lipinski definition) is 1. The molecule has 1 N–H and O–H groups in total. The number of alkyl halides is 1. The molecule has 0 rings (SSSR count). The summed E-state index contributed by atoms with van der Waals surface area (Å²) in [5.41, 5.74) is 2.53. The van der Waals surface area contributed by atoms with Crippen molar-refractivity contribution < 1.29 is 0 Å². The zero-order valence-corrected chi connectivity index (χ0v) is 8.90. The Labute approximate surface area is 76.7 Å². The predicted molar refractivity (Wildman–Crippen MR) is 55.5 cm³/mol. The van der Waals surface area contributed by atoms with Crippen molar-refractivity contribution in [1.29, 1.82) is 0 Å². The fraction of sp³-hybridized carbons (Fsp3) is 0.500. The van der Waals surface area contributed by atoms with Gasteiger partial charge in [0.25, 0.3) is 0 Å². The maximum Gasteiger partial charge on any atom is 0.0181 e. The molecule has 0 aliphatic heterocycles. The van der Waals surface area contributed by atoms with E-state index in [0.717, 1.165) is 4.43 Å². The fourth-order valence-electron chi connectivity index (χ4n) is 0.594. The molecule has 0 aromatic rings. The quantitative estimate of drug-likeness (QED) is 0.461. The first-order valence-electron chi connectivity index (χ1n) is 3.29. The van der Waals surface area contributed by atoms with Gasteiger partial charge in [-0.3, -0.25) is 0 Å². The molecule has 0 radical (unpaired) electrons. The van der Waals surface area contributed by atoms with Crippen LogP contribution in [0.1, 0.15) is 13.8 Å². The molecule has 0 aromatic carbocycles. The van der Waals surface area contributed by atoms with Crippen LogP contribution in [-0.4, -0.2) is 11.5 Å². The first-order valence-corrected chi connectivity index (χ1v) is 4.82. The molecule has 1 nitrogen and oxygen atoms in total. The van der Waals surface area contributed by atoms with E-state index in [1.165, 1.54) is 11.3 Å². The van der Waals surface area contributed by atoms with Crippen LogP contribution in [0, 0.1) is 0 Å². The van der Waals surface area contributed by atoms with Gasteiger partial charge in [-0.25, -0.2) is 0 Å². The van der Waals surface area contributed by atoms with Crippen LogP contribution >= 0.6 is 22.6 Å². The van der Waals surface area contributed by atoms with Crippen LogP contribution < -0.4 is 5.32 Å². The Hall–Kier alpha value is 0.01000. The highest BCUT2D eigenvalue weighted by Crippen LogP contribution is 1.99. The number of halogens is 1. The van der Waals surface area contributed by atoms with E-state index in [-0.39, 0.29) is 0 Å². The molecule has 0 heterocycles. The molecular weight excluding hydrogens is 237 g/mol. The summed E-state index contributed by atoms with van der Waals surface area (Å²) in [4.78, 5) is 0. The second-order valence-corrected chi connectivity index (χ2v) is 3.06. The molecule has 0 saturated carbocycles. The minimum atomic E-state index is 1.08. The molecular formula is C8H14IN. The third-order valence-electron chi connectivity index (χ3n) is 1.24. The highest BCUT2D eigenvalue weighted by molar-refractivity contribution is 14.1. The summed E-state index contributed by atoms with van der Waals surface area (Å²) in [5, 5.41) is 3.07. The van der Waals surface area contributed by atoms with E-state index in [9.17, 15) is 0 Å². The Morgan fingerprint density at radius 1 is 1.50 bits per heavy atom. The minimum absolute atomic E-state index is 1.08. The molecule has 0 amide bonds. The van der Waals surface area contributed by atoms with Gasteiger partial charge in [-0.05, 0) is 19.9 Å². The molecule has 58 valence electrons.